The van der Waals surface area contributed by atoms with Crippen LogP contribution < -0.4 is 5.59 Å². The first-order valence-corrected chi connectivity index (χ1v) is 4.81. The lowest BCUT2D eigenvalue weighted by Gasteiger charge is -2.32. The molecule has 15 heavy (non-hydrogen) atoms. The van der Waals surface area contributed by atoms with Gasteiger partial charge in [0, 0.05) is 18.5 Å². The summed E-state index contributed by atoms with van der Waals surface area (Å²) in [5.41, 5.74) is -0.920. The van der Waals surface area contributed by atoms with E-state index in [-0.39, 0.29) is 24.1 Å². The summed E-state index contributed by atoms with van der Waals surface area (Å²) in [6.07, 6.45) is -0.787. The minimum atomic E-state index is -0.820. The van der Waals surface area contributed by atoms with Crippen LogP contribution in [-0.2, 0) is 9.31 Å². The lowest BCUT2D eigenvalue weighted by atomic mass is 9.85. The molecule has 0 unspecified atom stereocenters. The summed E-state index contributed by atoms with van der Waals surface area (Å²) in [6, 6.07) is 0. The summed E-state index contributed by atoms with van der Waals surface area (Å²) in [5.74, 6) is 0. The monoisotopic (exact) mass is 209 g/mol. The normalized spacial score (nSPS) is 25.9. The zero-order chi connectivity index (χ0) is 13.7. The van der Waals surface area contributed by atoms with E-state index in [1.165, 1.54) is 0 Å². The van der Waals surface area contributed by atoms with Gasteiger partial charge in [-0.25, -0.2) is 0 Å². The van der Waals surface area contributed by atoms with Crippen LogP contribution in [0, 0.1) is 0 Å². The van der Waals surface area contributed by atoms with Crippen LogP contribution in [0.15, 0.2) is 18.5 Å². The highest BCUT2D eigenvalue weighted by atomic mass is 16.7. The van der Waals surface area contributed by atoms with Crippen molar-refractivity contribution < 1.29 is 13.4 Å². The summed E-state index contributed by atoms with van der Waals surface area (Å²) in [5, 5.41) is 0. The van der Waals surface area contributed by atoms with E-state index in [1.807, 2.05) is 27.7 Å². The van der Waals surface area contributed by atoms with Crippen molar-refractivity contribution in [1.29, 1.82) is 0 Å². The molecule has 1 aliphatic rings. The first-order valence-electron chi connectivity index (χ1n) is 6.31. The number of hydrogen-bond acceptors (Lipinski definition) is 4. The Morgan fingerprint density at radius 3 is 2.40 bits per heavy atom. The van der Waals surface area contributed by atoms with Crippen molar-refractivity contribution in [3.8, 4) is 0 Å². The molecule has 0 bridgehead atoms. The molecule has 80 valence electrons. The Kier molecular flexibility index (Phi) is 1.61. The third kappa shape index (κ3) is 1.77. The molecule has 0 atom stereocenters. The van der Waals surface area contributed by atoms with Crippen molar-refractivity contribution >= 4 is 12.7 Å². The highest BCUT2D eigenvalue weighted by molar-refractivity contribution is 6.61. The standard InChI is InChI=1S/C10H15BN2O2/c1-9(2)10(3,4)15-11(14-9)8-7-12-5-6-13-8/h5-7H,1-4H3/i5D,6D,7D. The highest BCUT2D eigenvalue weighted by Gasteiger charge is 2.52. The average molecular weight is 209 g/mol. The second-order valence-electron chi connectivity index (χ2n) is 4.53. The minimum Gasteiger partial charge on any atom is -0.398 e. The molecule has 2 heterocycles. The van der Waals surface area contributed by atoms with Gasteiger partial charge >= 0.3 is 7.12 Å². The summed E-state index contributed by atoms with van der Waals surface area (Å²) >= 11 is 0. The highest BCUT2D eigenvalue weighted by Crippen LogP contribution is 2.36. The van der Waals surface area contributed by atoms with Gasteiger partial charge in [-0.1, -0.05) is 0 Å². The lowest BCUT2D eigenvalue weighted by molar-refractivity contribution is 0.00578. The molecule has 0 saturated carbocycles. The van der Waals surface area contributed by atoms with E-state index in [0.29, 0.717) is 0 Å². The zero-order valence-corrected chi connectivity index (χ0v) is 9.29. The molecular weight excluding hydrogens is 191 g/mol. The van der Waals surface area contributed by atoms with Gasteiger partial charge in [0.05, 0.1) is 20.9 Å². The molecule has 0 amide bonds. The van der Waals surface area contributed by atoms with Crippen molar-refractivity contribution in [2.45, 2.75) is 38.9 Å². The molecule has 0 aromatic carbocycles. The molecule has 0 spiro atoms. The van der Waals surface area contributed by atoms with Crippen LogP contribution in [0.2, 0.25) is 0 Å². The summed E-state index contributed by atoms with van der Waals surface area (Å²) < 4.78 is 34.0. The van der Waals surface area contributed by atoms with Gasteiger partial charge in [-0.3, -0.25) is 9.97 Å². The van der Waals surface area contributed by atoms with Gasteiger partial charge in [0.2, 0.25) is 0 Å². The summed E-state index contributed by atoms with van der Waals surface area (Å²) in [4.78, 5) is 7.50. The van der Waals surface area contributed by atoms with E-state index in [9.17, 15) is 0 Å². The Balaban J connectivity index is 2.38. The van der Waals surface area contributed by atoms with E-state index in [4.69, 9.17) is 13.4 Å². The van der Waals surface area contributed by atoms with Crippen molar-refractivity contribution in [1.82, 2.24) is 9.97 Å². The molecule has 5 heteroatoms. The predicted molar refractivity (Wildman–Crippen MR) is 57.7 cm³/mol. The van der Waals surface area contributed by atoms with Crippen LogP contribution in [0.4, 0.5) is 0 Å². The molecule has 1 aromatic rings. The minimum absolute atomic E-state index is 0.148. The van der Waals surface area contributed by atoms with Crippen molar-refractivity contribution in [3.05, 3.63) is 18.5 Å². The maximum Gasteiger partial charge on any atom is 0.516 e. The maximum absolute atomic E-state index is 7.69. The van der Waals surface area contributed by atoms with E-state index >= 15 is 0 Å². The Morgan fingerprint density at radius 1 is 1.20 bits per heavy atom. The Morgan fingerprint density at radius 2 is 1.80 bits per heavy atom. The fourth-order valence-electron chi connectivity index (χ4n) is 1.28. The van der Waals surface area contributed by atoms with Crippen LogP contribution in [-0.4, -0.2) is 28.3 Å². The molecule has 2 rings (SSSR count). The predicted octanol–water partition coefficient (Wildman–Crippen LogP) is 0.776. The number of hydrogen-bond donors (Lipinski definition) is 0. The van der Waals surface area contributed by atoms with E-state index < -0.39 is 18.3 Å². The first-order chi connectivity index (χ1) is 8.14. The fourth-order valence-corrected chi connectivity index (χ4v) is 1.28. The molecular formula is C10H15BN2O2. The molecule has 0 aliphatic carbocycles. The lowest BCUT2D eigenvalue weighted by Crippen LogP contribution is -2.41. The van der Waals surface area contributed by atoms with Crippen LogP contribution in [0.25, 0.3) is 0 Å². The SMILES string of the molecule is [2H]c1nc([2H])c(B2OC(C)(C)C(C)(C)O2)nc1[2H]. The maximum atomic E-state index is 7.69. The first kappa shape index (κ1) is 7.36. The topological polar surface area (TPSA) is 44.2 Å². The molecule has 0 radical (unpaired) electrons. The van der Waals surface area contributed by atoms with E-state index in [2.05, 4.69) is 9.97 Å². The summed E-state index contributed by atoms with van der Waals surface area (Å²) in [7, 11) is -0.820. The van der Waals surface area contributed by atoms with Gasteiger partial charge in [-0.2, -0.15) is 0 Å². The quantitative estimate of drug-likeness (QED) is 0.641. The Bertz CT molecular complexity index is 480. The van der Waals surface area contributed by atoms with Gasteiger partial charge in [0.15, 0.2) is 0 Å². The zero-order valence-electron chi connectivity index (χ0n) is 12.3. The molecule has 1 saturated heterocycles. The molecule has 4 nitrogen and oxygen atoms in total. The van der Waals surface area contributed by atoms with Gasteiger partial charge < -0.3 is 9.31 Å². The third-order valence-corrected chi connectivity index (χ3v) is 2.93. The van der Waals surface area contributed by atoms with Crippen molar-refractivity contribution in [2.24, 2.45) is 0 Å². The second-order valence-corrected chi connectivity index (χ2v) is 4.53. The molecule has 0 N–H and O–H groups in total. The largest absolute Gasteiger partial charge is 0.516 e. The molecule has 1 aliphatic heterocycles. The van der Waals surface area contributed by atoms with Crippen molar-refractivity contribution in [2.75, 3.05) is 0 Å². The van der Waals surface area contributed by atoms with Crippen LogP contribution in [0.1, 0.15) is 31.8 Å². The van der Waals surface area contributed by atoms with E-state index in [1.54, 1.807) is 0 Å². The van der Waals surface area contributed by atoms with Crippen LogP contribution >= 0.6 is 0 Å². The van der Waals surface area contributed by atoms with Crippen LogP contribution in [0.5, 0.6) is 0 Å². The smallest absolute Gasteiger partial charge is 0.398 e. The fraction of sp³-hybridized carbons (Fsp3) is 0.600. The molecule has 1 aromatic heterocycles. The number of nitrogens with zero attached hydrogens (tertiary/aromatic N) is 2. The van der Waals surface area contributed by atoms with E-state index in [0.717, 1.165) is 0 Å². The summed E-state index contributed by atoms with van der Waals surface area (Å²) in [6.45, 7) is 7.57. The van der Waals surface area contributed by atoms with Crippen LogP contribution in [0.3, 0.4) is 0 Å². The number of aromatic nitrogens is 2. The molecule has 1 fully saturated rings. The van der Waals surface area contributed by atoms with Gasteiger partial charge in [0.25, 0.3) is 0 Å². The third-order valence-electron chi connectivity index (χ3n) is 2.93. The second kappa shape index (κ2) is 3.28. The van der Waals surface area contributed by atoms with Gasteiger partial charge in [0.1, 0.15) is 0 Å². The van der Waals surface area contributed by atoms with Crippen molar-refractivity contribution in [3.63, 3.8) is 0 Å². The Hall–Kier alpha value is -0.935. The average Bonchev–Trinajstić information content (AvgIpc) is 2.42. The van der Waals surface area contributed by atoms with Gasteiger partial charge in [-0.15, -0.1) is 0 Å². The Labute approximate surface area is 94.4 Å². The number of rotatable bonds is 1. The van der Waals surface area contributed by atoms with Gasteiger partial charge in [-0.05, 0) is 27.7 Å².